The van der Waals surface area contributed by atoms with E-state index in [-0.39, 0.29) is 5.54 Å². The Morgan fingerprint density at radius 3 is 2.67 bits per heavy atom. The van der Waals surface area contributed by atoms with Crippen LogP contribution in [0.1, 0.15) is 31.4 Å². The fourth-order valence-corrected chi connectivity index (χ4v) is 4.36. The van der Waals surface area contributed by atoms with E-state index in [2.05, 4.69) is 52.9 Å². The van der Waals surface area contributed by atoms with Gasteiger partial charge in [0.15, 0.2) is 0 Å². The Bertz CT molecular complexity index is 512. The van der Waals surface area contributed by atoms with Crippen LogP contribution in [0.4, 0.5) is 0 Å². The van der Waals surface area contributed by atoms with Crippen LogP contribution in [0.15, 0.2) is 22.7 Å². The molecule has 0 aromatic heterocycles. The van der Waals surface area contributed by atoms with Crippen molar-refractivity contribution in [1.82, 2.24) is 4.90 Å². The molecule has 3 rings (SSSR count). The molecule has 1 saturated heterocycles. The van der Waals surface area contributed by atoms with Gasteiger partial charge in [0.05, 0.1) is 12.2 Å². The highest BCUT2D eigenvalue weighted by Crippen LogP contribution is 2.35. The number of rotatable bonds is 2. The monoisotopic (exact) mass is 352 g/mol. The van der Waals surface area contributed by atoms with Crippen molar-refractivity contribution in [3.05, 3.63) is 33.8 Å². The average Bonchev–Trinajstić information content (AvgIpc) is 2.45. The van der Waals surface area contributed by atoms with Gasteiger partial charge in [-0.3, -0.25) is 4.90 Å². The van der Waals surface area contributed by atoms with Crippen LogP contribution < -0.4 is 5.73 Å². The summed E-state index contributed by atoms with van der Waals surface area (Å²) in [5.74, 6) is 0. The summed E-state index contributed by atoms with van der Waals surface area (Å²) in [6.07, 6.45) is 3.91. The van der Waals surface area contributed by atoms with E-state index in [1.807, 2.05) is 0 Å². The highest BCUT2D eigenvalue weighted by atomic mass is 79.9. The van der Waals surface area contributed by atoms with Crippen LogP contribution in [-0.4, -0.2) is 42.3 Å². The van der Waals surface area contributed by atoms with Gasteiger partial charge < -0.3 is 10.5 Å². The van der Waals surface area contributed by atoms with Gasteiger partial charge in [-0.05, 0) is 56.4 Å². The number of nitrogens with zero attached hydrogens (tertiary/aromatic N) is 1. The minimum absolute atomic E-state index is 0.104. The van der Waals surface area contributed by atoms with Gasteiger partial charge in [0, 0.05) is 29.6 Å². The number of fused-ring (bicyclic) bond motifs is 1. The van der Waals surface area contributed by atoms with Crippen LogP contribution in [0, 0.1) is 0 Å². The molecule has 3 nitrogen and oxygen atoms in total. The lowest BCUT2D eigenvalue weighted by atomic mass is 9.76. The molecule has 2 N–H and O–H groups in total. The van der Waals surface area contributed by atoms with Crippen LogP contribution >= 0.6 is 15.9 Å². The van der Waals surface area contributed by atoms with Gasteiger partial charge in [0.1, 0.15) is 0 Å². The quantitative estimate of drug-likeness (QED) is 0.889. The largest absolute Gasteiger partial charge is 0.373 e. The third kappa shape index (κ3) is 3.04. The fraction of sp³-hybridized carbons (Fsp3) is 0.647. The highest BCUT2D eigenvalue weighted by molar-refractivity contribution is 9.10. The van der Waals surface area contributed by atoms with Crippen LogP contribution in [0.2, 0.25) is 0 Å². The number of hydrogen-bond acceptors (Lipinski definition) is 3. The van der Waals surface area contributed by atoms with Crippen molar-refractivity contribution in [1.29, 1.82) is 0 Å². The number of ether oxygens (including phenoxy) is 1. The second kappa shape index (κ2) is 5.99. The molecule has 116 valence electrons. The van der Waals surface area contributed by atoms with Crippen molar-refractivity contribution in [3.63, 3.8) is 0 Å². The highest BCUT2D eigenvalue weighted by Gasteiger charge is 2.41. The molecular formula is C17H25BrN2O. The Morgan fingerprint density at radius 1 is 1.29 bits per heavy atom. The second-order valence-electron chi connectivity index (χ2n) is 6.68. The maximum Gasteiger partial charge on any atom is 0.0678 e. The summed E-state index contributed by atoms with van der Waals surface area (Å²) in [6, 6.07) is 6.67. The molecule has 0 amide bonds. The van der Waals surface area contributed by atoms with Crippen molar-refractivity contribution in [2.45, 2.75) is 50.9 Å². The standard InChI is InChI=1S/C17H25BrN2O/c1-12-9-20(10-13(2)21-12)17(11-19)6-5-14-7-16(18)4-3-15(14)8-17/h3-4,7,12-13H,5-6,8-11,19H2,1-2H3. The molecule has 1 aromatic rings. The molecule has 0 radical (unpaired) electrons. The van der Waals surface area contributed by atoms with Crippen molar-refractivity contribution >= 4 is 15.9 Å². The third-order valence-corrected chi connectivity index (χ3v) is 5.51. The van der Waals surface area contributed by atoms with E-state index in [1.165, 1.54) is 15.6 Å². The molecular weight excluding hydrogens is 328 g/mol. The molecule has 1 aliphatic carbocycles. The minimum atomic E-state index is 0.104. The smallest absolute Gasteiger partial charge is 0.0678 e. The molecule has 3 atom stereocenters. The predicted molar refractivity (Wildman–Crippen MR) is 89.5 cm³/mol. The van der Waals surface area contributed by atoms with Gasteiger partial charge in [0.25, 0.3) is 0 Å². The van der Waals surface area contributed by atoms with Crippen LogP contribution in [-0.2, 0) is 17.6 Å². The molecule has 4 heteroatoms. The third-order valence-electron chi connectivity index (χ3n) is 5.02. The number of morpholine rings is 1. The van der Waals surface area contributed by atoms with E-state index >= 15 is 0 Å². The Labute approximate surface area is 136 Å². The Hall–Kier alpha value is -0.420. The minimum Gasteiger partial charge on any atom is -0.373 e. The molecule has 0 spiro atoms. The second-order valence-corrected chi connectivity index (χ2v) is 7.60. The molecule has 1 aromatic carbocycles. The van der Waals surface area contributed by atoms with E-state index in [4.69, 9.17) is 10.5 Å². The first-order valence-corrected chi connectivity index (χ1v) is 8.69. The lowest BCUT2D eigenvalue weighted by Gasteiger charge is -2.50. The molecule has 2 aliphatic rings. The summed E-state index contributed by atoms with van der Waals surface area (Å²) in [4.78, 5) is 2.59. The summed E-state index contributed by atoms with van der Waals surface area (Å²) >= 11 is 3.58. The van der Waals surface area contributed by atoms with E-state index in [0.717, 1.165) is 38.9 Å². The van der Waals surface area contributed by atoms with E-state index in [9.17, 15) is 0 Å². The first kappa shape index (κ1) is 15.5. The molecule has 1 heterocycles. The Balaban J connectivity index is 1.86. The van der Waals surface area contributed by atoms with E-state index in [0.29, 0.717) is 12.2 Å². The average molecular weight is 353 g/mol. The summed E-state index contributed by atoms with van der Waals surface area (Å²) in [5.41, 5.74) is 9.29. The topological polar surface area (TPSA) is 38.5 Å². The first-order valence-electron chi connectivity index (χ1n) is 7.90. The number of aryl methyl sites for hydroxylation is 1. The van der Waals surface area contributed by atoms with E-state index < -0.39 is 0 Å². The van der Waals surface area contributed by atoms with Crippen molar-refractivity contribution in [2.75, 3.05) is 19.6 Å². The zero-order valence-electron chi connectivity index (χ0n) is 12.9. The van der Waals surface area contributed by atoms with Crippen LogP contribution in [0.3, 0.4) is 0 Å². The Morgan fingerprint density at radius 2 is 2.00 bits per heavy atom. The van der Waals surface area contributed by atoms with Gasteiger partial charge in [-0.1, -0.05) is 22.0 Å². The van der Waals surface area contributed by atoms with E-state index in [1.54, 1.807) is 0 Å². The normalized spacial score (nSPS) is 33.7. The van der Waals surface area contributed by atoms with Gasteiger partial charge in [0.2, 0.25) is 0 Å². The number of benzene rings is 1. The number of nitrogens with two attached hydrogens (primary N) is 1. The molecule has 1 aliphatic heterocycles. The molecule has 3 unspecified atom stereocenters. The SMILES string of the molecule is CC1CN(C2(CN)CCc3cc(Br)ccc3C2)CC(C)O1. The maximum absolute atomic E-state index is 6.26. The van der Waals surface area contributed by atoms with Crippen LogP contribution in [0.25, 0.3) is 0 Å². The summed E-state index contributed by atoms with van der Waals surface area (Å²) < 4.78 is 7.07. The number of halogens is 1. The van der Waals surface area contributed by atoms with Gasteiger partial charge in [-0.25, -0.2) is 0 Å². The summed E-state index contributed by atoms with van der Waals surface area (Å²) in [6.45, 7) is 7.05. The van der Waals surface area contributed by atoms with Crippen molar-refractivity contribution in [3.8, 4) is 0 Å². The van der Waals surface area contributed by atoms with Gasteiger partial charge >= 0.3 is 0 Å². The maximum atomic E-state index is 6.26. The predicted octanol–water partition coefficient (Wildman–Crippen LogP) is 2.74. The Kier molecular flexibility index (Phi) is 4.42. The molecule has 1 fully saturated rings. The molecule has 0 bridgehead atoms. The summed E-state index contributed by atoms with van der Waals surface area (Å²) in [5, 5.41) is 0. The molecule has 0 saturated carbocycles. The van der Waals surface area contributed by atoms with Crippen LogP contribution in [0.5, 0.6) is 0 Å². The van der Waals surface area contributed by atoms with Gasteiger partial charge in [-0.15, -0.1) is 0 Å². The van der Waals surface area contributed by atoms with Crippen molar-refractivity contribution < 1.29 is 4.74 Å². The lowest BCUT2D eigenvalue weighted by molar-refractivity contribution is -0.103. The first-order chi connectivity index (χ1) is 10.0. The van der Waals surface area contributed by atoms with Gasteiger partial charge in [-0.2, -0.15) is 0 Å². The number of hydrogen-bond donors (Lipinski definition) is 1. The van der Waals surface area contributed by atoms with Crippen molar-refractivity contribution in [2.24, 2.45) is 5.73 Å². The zero-order valence-corrected chi connectivity index (χ0v) is 14.5. The summed E-state index contributed by atoms with van der Waals surface area (Å²) in [7, 11) is 0. The lowest BCUT2D eigenvalue weighted by Crippen LogP contribution is -2.62. The fourth-order valence-electron chi connectivity index (χ4n) is 3.95. The zero-order chi connectivity index (χ0) is 15.0. The molecule has 21 heavy (non-hydrogen) atoms.